The Morgan fingerprint density at radius 3 is 2.27 bits per heavy atom. The molecule has 0 aromatic heterocycles. The molecule has 2 aliphatic rings. The van der Waals surface area contributed by atoms with E-state index < -0.39 is 35.9 Å². The summed E-state index contributed by atoms with van der Waals surface area (Å²) in [7, 11) is 1.49. The zero-order valence-corrected chi connectivity index (χ0v) is 17.5. The van der Waals surface area contributed by atoms with Crippen molar-refractivity contribution < 1.29 is 28.7 Å². The molecule has 0 radical (unpaired) electrons. The Morgan fingerprint density at radius 2 is 1.70 bits per heavy atom. The van der Waals surface area contributed by atoms with Gasteiger partial charge in [0.25, 0.3) is 5.91 Å². The summed E-state index contributed by atoms with van der Waals surface area (Å²) in [5, 5.41) is 2.68. The van der Waals surface area contributed by atoms with Crippen molar-refractivity contribution in [1.29, 1.82) is 0 Å². The molecule has 160 valence electrons. The average Bonchev–Trinajstić information content (AvgIpc) is 2.98. The fourth-order valence-electron chi connectivity index (χ4n) is 3.79. The molecule has 30 heavy (non-hydrogen) atoms. The molecule has 8 heteroatoms. The van der Waals surface area contributed by atoms with Crippen LogP contribution in [0.3, 0.4) is 0 Å². The lowest BCUT2D eigenvalue weighted by Gasteiger charge is -2.23. The van der Waals surface area contributed by atoms with E-state index in [4.69, 9.17) is 9.47 Å². The van der Waals surface area contributed by atoms with Gasteiger partial charge in [0.1, 0.15) is 11.8 Å². The van der Waals surface area contributed by atoms with Crippen LogP contribution in [0.15, 0.2) is 30.4 Å². The summed E-state index contributed by atoms with van der Waals surface area (Å²) in [6, 6.07) is 4.21. The van der Waals surface area contributed by atoms with Crippen LogP contribution >= 0.6 is 0 Å². The molecule has 0 unspecified atom stereocenters. The van der Waals surface area contributed by atoms with Crippen molar-refractivity contribution in [2.24, 2.45) is 11.8 Å². The maximum absolute atomic E-state index is 12.6. The average molecular weight is 414 g/mol. The molecule has 3 rings (SSSR count). The molecule has 0 spiro atoms. The standard InChI is InChI=1S/C22H26N2O6/c1-12-9-10-18(29-4)17(11-12)23-19(25)14(3)30-22(28)13(2)24-20(26)15-7-5-6-8-16(15)21(24)27/h5-6,9-11,13-16H,7-8H2,1-4H3,(H,23,25)/t13-,14+,15-,16+/m0/s1. The molecule has 1 fully saturated rings. The number of ether oxygens (including phenoxy) is 2. The van der Waals surface area contributed by atoms with Crippen molar-refractivity contribution in [3.8, 4) is 5.75 Å². The lowest BCUT2D eigenvalue weighted by Crippen LogP contribution is -2.46. The number of benzene rings is 1. The Hall–Kier alpha value is -3.16. The fourth-order valence-corrected chi connectivity index (χ4v) is 3.79. The number of carbonyl (C=O) groups is 4. The Morgan fingerprint density at radius 1 is 1.10 bits per heavy atom. The molecule has 1 saturated heterocycles. The number of methoxy groups -OCH3 is 1. The predicted molar refractivity (Wildman–Crippen MR) is 109 cm³/mol. The van der Waals surface area contributed by atoms with Crippen LogP contribution in [0.25, 0.3) is 0 Å². The highest BCUT2D eigenvalue weighted by molar-refractivity contribution is 6.08. The van der Waals surface area contributed by atoms with E-state index in [-0.39, 0.29) is 11.8 Å². The summed E-state index contributed by atoms with van der Waals surface area (Å²) in [6.07, 6.45) is 3.62. The number of likely N-dealkylation sites (tertiary alicyclic amines) is 1. The zero-order valence-electron chi connectivity index (χ0n) is 17.5. The Balaban J connectivity index is 1.64. The minimum Gasteiger partial charge on any atom is -0.495 e. The normalized spacial score (nSPS) is 22.3. The molecule has 1 aliphatic heterocycles. The highest BCUT2D eigenvalue weighted by Crippen LogP contribution is 2.36. The molecule has 1 aromatic carbocycles. The summed E-state index contributed by atoms with van der Waals surface area (Å²) in [4.78, 5) is 51.3. The van der Waals surface area contributed by atoms with Crippen LogP contribution in [0.2, 0.25) is 0 Å². The largest absolute Gasteiger partial charge is 0.495 e. The minimum absolute atomic E-state index is 0.361. The Bertz CT molecular complexity index is 883. The van der Waals surface area contributed by atoms with E-state index in [1.54, 1.807) is 12.1 Å². The van der Waals surface area contributed by atoms with E-state index in [0.717, 1.165) is 10.5 Å². The van der Waals surface area contributed by atoms with Gasteiger partial charge < -0.3 is 14.8 Å². The predicted octanol–water partition coefficient (Wildman–Crippen LogP) is 2.21. The molecule has 8 nitrogen and oxygen atoms in total. The first-order chi connectivity index (χ1) is 14.2. The van der Waals surface area contributed by atoms with Gasteiger partial charge in [-0.25, -0.2) is 4.79 Å². The number of hydrogen-bond donors (Lipinski definition) is 1. The van der Waals surface area contributed by atoms with Gasteiger partial charge in [0, 0.05) is 0 Å². The lowest BCUT2D eigenvalue weighted by atomic mass is 9.85. The van der Waals surface area contributed by atoms with Gasteiger partial charge in [0.2, 0.25) is 11.8 Å². The number of rotatable bonds is 6. The van der Waals surface area contributed by atoms with E-state index in [0.29, 0.717) is 24.3 Å². The van der Waals surface area contributed by atoms with E-state index >= 15 is 0 Å². The van der Waals surface area contributed by atoms with Crippen molar-refractivity contribution in [1.82, 2.24) is 4.90 Å². The number of allylic oxidation sites excluding steroid dienone is 2. The van der Waals surface area contributed by atoms with Gasteiger partial charge in [-0.3, -0.25) is 19.3 Å². The Kier molecular flexibility index (Phi) is 6.24. The van der Waals surface area contributed by atoms with E-state index in [1.807, 2.05) is 25.1 Å². The summed E-state index contributed by atoms with van der Waals surface area (Å²) in [5.41, 5.74) is 1.38. The van der Waals surface area contributed by atoms with Crippen LogP contribution in [0.4, 0.5) is 5.69 Å². The third kappa shape index (κ3) is 4.08. The number of amides is 3. The first kappa shape index (κ1) is 21.5. The SMILES string of the molecule is COc1ccc(C)cc1NC(=O)[C@@H](C)OC(=O)[C@H](C)N1C(=O)[C@H]2CC=CC[C@H]2C1=O. The number of anilines is 1. The quantitative estimate of drug-likeness (QED) is 0.435. The topological polar surface area (TPSA) is 102 Å². The molecule has 0 bridgehead atoms. The van der Waals surface area contributed by atoms with Gasteiger partial charge in [-0.15, -0.1) is 0 Å². The summed E-state index contributed by atoms with van der Waals surface area (Å²) in [5.74, 6) is -2.44. The van der Waals surface area contributed by atoms with Crippen LogP contribution in [0.5, 0.6) is 5.75 Å². The second-order valence-electron chi connectivity index (χ2n) is 7.65. The van der Waals surface area contributed by atoms with Crippen LogP contribution in [0, 0.1) is 18.8 Å². The summed E-state index contributed by atoms with van der Waals surface area (Å²) >= 11 is 0. The number of fused-ring (bicyclic) bond motifs is 1. The number of esters is 1. The third-order valence-corrected chi connectivity index (χ3v) is 5.55. The number of hydrogen-bond acceptors (Lipinski definition) is 6. The van der Waals surface area contributed by atoms with Crippen molar-refractivity contribution in [3.05, 3.63) is 35.9 Å². The second kappa shape index (κ2) is 8.69. The zero-order chi connectivity index (χ0) is 22.0. The van der Waals surface area contributed by atoms with E-state index in [2.05, 4.69) is 5.32 Å². The number of nitrogens with one attached hydrogen (secondary N) is 1. The van der Waals surface area contributed by atoms with Crippen LogP contribution < -0.4 is 10.1 Å². The first-order valence-electron chi connectivity index (χ1n) is 9.92. The fraction of sp³-hybridized carbons (Fsp3) is 0.455. The molecular weight excluding hydrogens is 388 g/mol. The molecule has 4 atom stereocenters. The summed E-state index contributed by atoms with van der Waals surface area (Å²) in [6.45, 7) is 4.74. The maximum atomic E-state index is 12.6. The summed E-state index contributed by atoms with van der Waals surface area (Å²) < 4.78 is 10.5. The van der Waals surface area contributed by atoms with Crippen LogP contribution in [0.1, 0.15) is 32.3 Å². The van der Waals surface area contributed by atoms with E-state index in [1.165, 1.54) is 21.0 Å². The van der Waals surface area contributed by atoms with Gasteiger partial charge >= 0.3 is 5.97 Å². The van der Waals surface area contributed by atoms with E-state index in [9.17, 15) is 19.2 Å². The van der Waals surface area contributed by atoms with Gasteiger partial charge in [0.15, 0.2) is 6.10 Å². The van der Waals surface area contributed by atoms with Crippen LogP contribution in [-0.2, 0) is 23.9 Å². The molecule has 1 heterocycles. The number of nitrogens with zero attached hydrogens (tertiary/aromatic N) is 1. The van der Waals surface area contributed by atoms with Gasteiger partial charge in [-0.05, 0) is 51.3 Å². The van der Waals surface area contributed by atoms with Crippen molar-refractivity contribution in [3.63, 3.8) is 0 Å². The molecule has 3 amide bonds. The lowest BCUT2D eigenvalue weighted by molar-refractivity contribution is -0.163. The van der Waals surface area contributed by atoms with Gasteiger partial charge in [-0.1, -0.05) is 18.2 Å². The molecule has 1 aliphatic carbocycles. The Labute approximate surface area is 175 Å². The number of carbonyl (C=O) groups excluding carboxylic acids is 4. The number of imide groups is 1. The second-order valence-corrected chi connectivity index (χ2v) is 7.65. The van der Waals surface area contributed by atoms with Crippen molar-refractivity contribution in [2.75, 3.05) is 12.4 Å². The third-order valence-electron chi connectivity index (χ3n) is 5.55. The highest BCUT2D eigenvalue weighted by atomic mass is 16.5. The van der Waals surface area contributed by atoms with Crippen molar-refractivity contribution >= 4 is 29.4 Å². The molecule has 1 aromatic rings. The van der Waals surface area contributed by atoms with Crippen molar-refractivity contribution in [2.45, 2.75) is 45.8 Å². The van der Waals surface area contributed by atoms with Gasteiger partial charge in [-0.2, -0.15) is 0 Å². The highest BCUT2D eigenvalue weighted by Gasteiger charge is 2.50. The maximum Gasteiger partial charge on any atom is 0.329 e. The van der Waals surface area contributed by atoms with Crippen LogP contribution in [-0.4, -0.2) is 47.8 Å². The first-order valence-corrected chi connectivity index (χ1v) is 9.92. The smallest absolute Gasteiger partial charge is 0.329 e. The minimum atomic E-state index is -1.12. The number of aryl methyl sites for hydroxylation is 1. The van der Waals surface area contributed by atoms with Gasteiger partial charge in [0.05, 0.1) is 24.6 Å². The molecule has 1 N–H and O–H groups in total. The molecular formula is C22H26N2O6. The monoisotopic (exact) mass is 414 g/mol. The molecule has 0 saturated carbocycles.